The Morgan fingerprint density at radius 2 is 1.69 bits per heavy atom. The van der Waals surface area contributed by atoms with Crippen molar-refractivity contribution in [2.24, 2.45) is 0 Å². The van der Waals surface area contributed by atoms with Gasteiger partial charge in [-0.3, -0.25) is 4.72 Å². The number of methoxy groups -OCH3 is 1. The van der Waals surface area contributed by atoms with Crippen LogP contribution in [-0.4, -0.2) is 69.9 Å². The smallest absolute Gasteiger partial charge is 0.341 e. The van der Waals surface area contributed by atoms with E-state index in [4.69, 9.17) is 9.47 Å². The van der Waals surface area contributed by atoms with Crippen LogP contribution in [0.15, 0.2) is 42.5 Å². The standard InChI is InChI=1S/C21H28N2O8S/c1-14(12-30-18-8-9-19(20(25)10-18)21(26)29-2)22-11-16(24)13-31-17-6-4-15(5-7-17)23-32(3,27)28/h4-10,14,16,22-25H,11-13H2,1-3H3. The highest BCUT2D eigenvalue weighted by molar-refractivity contribution is 7.92. The molecule has 4 N–H and O–H groups in total. The SMILES string of the molecule is COC(=O)c1ccc(OCC(C)NCC(O)COc2ccc(NS(C)(=O)=O)cc2)cc1O. The van der Waals surface area contributed by atoms with Gasteiger partial charge in [0.2, 0.25) is 10.0 Å². The zero-order chi connectivity index (χ0) is 23.7. The van der Waals surface area contributed by atoms with Crippen molar-refractivity contribution in [2.45, 2.75) is 19.1 Å². The van der Waals surface area contributed by atoms with Gasteiger partial charge in [-0.15, -0.1) is 0 Å². The Labute approximate surface area is 187 Å². The summed E-state index contributed by atoms with van der Waals surface area (Å²) in [6.45, 7) is 2.43. The molecule has 10 nitrogen and oxygen atoms in total. The summed E-state index contributed by atoms with van der Waals surface area (Å²) in [4.78, 5) is 11.5. The van der Waals surface area contributed by atoms with E-state index in [0.717, 1.165) is 6.26 Å². The van der Waals surface area contributed by atoms with Crippen LogP contribution in [0, 0.1) is 0 Å². The van der Waals surface area contributed by atoms with Crippen LogP contribution in [0.2, 0.25) is 0 Å². The lowest BCUT2D eigenvalue weighted by atomic mass is 10.2. The van der Waals surface area contributed by atoms with Crippen molar-refractivity contribution < 1.29 is 37.6 Å². The molecule has 2 unspecified atom stereocenters. The predicted molar refractivity (Wildman–Crippen MR) is 119 cm³/mol. The Bertz CT molecular complexity index is 995. The van der Waals surface area contributed by atoms with E-state index in [-0.39, 0.29) is 37.1 Å². The first kappa shape index (κ1) is 25.2. The number of benzene rings is 2. The predicted octanol–water partition coefficient (Wildman–Crippen LogP) is 1.35. The normalized spacial score (nSPS) is 13.1. The minimum atomic E-state index is -3.34. The molecular weight excluding hydrogens is 440 g/mol. The maximum absolute atomic E-state index is 11.5. The minimum Gasteiger partial charge on any atom is -0.507 e. The lowest BCUT2D eigenvalue weighted by Crippen LogP contribution is -2.39. The van der Waals surface area contributed by atoms with Gasteiger partial charge in [0.1, 0.15) is 42.1 Å². The quantitative estimate of drug-likeness (QED) is 0.339. The fourth-order valence-corrected chi connectivity index (χ4v) is 3.15. The number of phenols is 1. The molecule has 0 fully saturated rings. The van der Waals surface area contributed by atoms with Crippen molar-refractivity contribution in [1.29, 1.82) is 0 Å². The van der Waals surface area contributed by atoms with Gasteiger partial charge in [0.05, 0.1) is 13.4 Å². The van der Waals surface area contributed by atoms with Crippen LogP contribution in [0.3, 0.4) is 0 Å². The number of hydrogen-bond donors (Lipinski definition) is 4. The van der Waals surface area contributed by atoms with Gasteiger partial charge in [-0.2, -0.15) is 0 Å². The maximum atomic E-state index is 11.5. The van der Waals surface area contributed by atoms with Crippen LogP contribution in [0.4, 0.5) is 5.69 Å². The molecule has 11 heteroatoms. The van der Waals surface area contributed by atoms with Gasteiger partial charge in [-0.05, 0) is 43.3 Å². The Hall–Kier alpha value is -3.02. The Balaban J connectivity index is 1.71. The number of aliphatic hydroxyl groups excluding tert-OH is 1. The molecule has 2 rings (SSSR count). The summed E-state index contributed by atoms with van der Waals surface area (Å²) in [5, 5.41) is 23.1. The van der Waals surface area contributed by atoms with E-state index in [1.165, 1.54) is 19.2 Å². The number of ether oxygens (including phenoxy) is 3. The van der Waals surface area contributed by atoms with Crippen LogP contribution in [-0.2, 0) is 14.8 Å². The monoisotopic (exact) mass is 468 g/mol. The highest BCUT2D eigenvalue weighted by Gasteiger charge is 2.13. The van der Waals surface area contributed by atoms with Gasteiger partial charge < -0.3 is 29.7 Å². The second kappa shape index (κ2) is 11.6. The van der Waals surface area contributed by atoms with Crippen LogP contribution >= 0.6 is 0 Å². The molecule has 0 saturated heterocycles. The number of aromatic hydroxyl groups is 1. The highest BCUT2D eigenvalue weighted by atomic mass is 32.2. The van der Waals surface area contributed by atoms with E-state index in [0.29, 0.717) is 17.2 Å². The van der Waals surface area contributed by atoms with E-state index in [1.54, 1.807) is 30.3 Å². The molecule has 0 saturated carbocycles. The molecule has 0 aliphatic rings. The van der Waals surface area contributed by atoms with E-state index >= 15 is 0 Å². The van der Waals surface area contributed by atoms with Crippen molar-refractivity contribution in [3.63, 3.8) is 0 Å². The number of sulfonamides is 1. The molecule has 2 atom stereocenters. The van der Waals surface area contributed by atoms with Gasteiger partial charge in [-0.25, -0.2) is 13.2 Å². The number of carbonyl (C=O) groups is 1. The molecule has 0 radical (unpaired) electrons. The Morgan fingerprint density at radius 3 is 2.28 bits per heavy atom. The number of nitrogens with one attached hydrogen (secondary N) is 2. The molecule has 0 aliphatic heterocycles. The number of esters is 1. The third-order valence-corrected chi connectivity index (χ3v) is 4.78. The molecule has 0 heterocycles. The van der Waals surface area contributed by atoms with Crippen LogP contribution in [0.25, 0.3) is 0 Å². The molecule has 32 heavy (non-hydrogen) atoms. The van der Waals surface area contributed by atoms with Crippen molar-refractivity contribution in [3.05, 3.63) is 48.0 Å². The molecule has 0 spiro atoms. The largest absolute Gasteiger partial charge is 0.507 e. The van der Waals surface area contributed by atoms with Gasteiger partial charge >= 0.3 is 5.97 Å². The molecule has 176 valence electrons. The first-order valence-corrected chi connectivity index (χ1v) is 11.6. The number of phenolic OH excluding ortho intramolecular Hbond substituents is 1. The fraction of sp³-hybridized carbons (Fsp3) is 0.381. The molecule has 2 aromatic rings. The molecule has 0 amide bonds. The zero-order valence-electron chi connectivity index (χ0n) is 18.1. The first-order chi connectivity index (χ1) is 15.1. The first-order valence-electron chi connectivity index (χ1n) is 9.73. The fourth-order valence-electron chi connectivity index (χ4n) is 2.59. The van der Waals surface area contributed by atoms with Crippen molar-refractivity contribution in [3.8, 4) is 17.2 Å². The third-order valence-electron chi connectivity index (χ3n) is 4.18. The average Bonchev–Trinajstić information content (AvgIpc) is 2.74. The van der Waals surface area contributed by atoms with Crippen LogP contribution in [0.1, 0.15) is 17.3 Å². The lowest BCUT2D eigenvalue weighted by molar-refractivity contribution is 0.0597. The molecule has 0 aliphatic carbocycles. The second-order valence-electron chi connectivity index (χ2n) is 7.15. The van der Waals surface area contributed by atoms with Gasteiger partial charge in [0, 0.05) is 24.3 Å². The second-order valence-corrected chi connectivity index (χ2v) is 8.90. The maximum Gasteiger partial charge on any atom is 0.341 e. The summed E-state index contributed by atoms with van der Waals surface area (Å²) >= 11 is 0. The van der Waals surface area contributed by atoms with E-state index in [1.807, 2.05) is 6.92 Å². The molecule has 0 bridgehead atoms. The summed E-state index contributed by atoms with van der Waals surface area (Å²) in [7, 11) is -2.11. The Morgan fingerprint density at radius 1 is 1.06 bits per heavy atom. The number of aliphatic hydroxyl groups is 1. The molecular formula is C21H28N2O8S. The third kappa shape index (κ3) is 8.61. The van der Waals surface area contributed by atoms with Crippen LogP contribution < -0.4 is 19.5 Å². The van der Waals surface area contributed by atoms with Gasteiger partial charge in [-0.1, -0.05) is 0 Å². The zero-order valence-corrected chi connectivity index (χ0v) is 18.9. The van der Waals surface area contributed by atoms with E-state index in [2.05, 4.69) is 14.8 Å². The average molecular weight is 469 g/mol. The van der Waals surface area contributed by atoms with Crippen molar-refractivity contribution in [2.75, 3.05) is 37.8 Å². The van der Waals surface area contributed by atoms with Crippen molar-refractivity contribution in [1.82, 2.24) is 5.32 Å². The number of anilines is 1. The summed E-state index contributed by atoms with van der Waals surface area (Å²) < 4.78 is 40.4. The van der Waals surface area contributed by atoms with Crippen molar-refractivity contribution >= 4 is 21.7 Å². The Kier molecular flexibility index (Phi) is 9.12. The van der Waals surface area contributed by atoms with E-state index in [9.17, 15) is 23.4 Å². The summed E-state index contributed by atoms with van der Waals surface area (Å²) in [6.07, 6.45) is 0.284. The van der Waals surface area contributed by atoms with Gasteiger partial charge in [0.25, 0.3) is 0 Å². The number of carbonyl (C=O) groups excluding carboxylic acids is 1. The summed E-state index contributed by atoms with van der Waals surface area (Å²) in [5.74, 6) is 0.0145. The van der Waals surface area contributed by atoms with Gasteiger partial charge in [0.15, 0.2) is 0 Å². The highest BCUT2D eigenvalue weighted by Crippen LogP contribution is 2.24. The minimum absolute atomic E-state index is 0.0439. The van der Waals surface area contributed by atoms with Crippen LogP contribution in [0.5, 0.6) is 17.2 Å². The number of rotatable bonds is 12. The molecule has 0 aromatic heterocycles. The number of hydrogen-bond acceptors (Lipinski definition) is 9. The summed E-state index contributed by atoms with van der Waals surface area (Å²) in [6, 6.07) is 10.5. The lowest BCUT2D eigenvalue weighted by Gasteiger charge is -2.18. The van der Waals surface area contributed by atoms with E-state index < -0.39 is 22.1 Å². The summed E-state index contributed by atoms with van der Waals surface area (Å²) in [5.41, 5.74) is 0.472. The topological polar surface area (TPSA) is 143 Å². The molecule has 2 aromatic carbocycles.